The Morgan fingerprint density at radius 1 is 1.25 bits per heavy atom. The Morgan fingerprint density at radius 3 is 2.42 bits per heavy atom. The Bertz CT molecular complexity index is 267. The zero-order chi connectivity index (χ0) is 9.14. The molecule has 0 aliphatic rings. The van der Waals surface area contributed by atoms with Gasteiger partial charge in [-0.3, -0.25) is 0 Å². The van der Waals surface area contributed by atoms with Crippen LogP contribution in [0.4, 0.5) is 11.4 Å². The summed E-state index contributed by atoms with van der Waals surface area (Å²) in [6.45, 7) is 2.10. The number of nitrogens with zero attached hydrogens (tertiary/aromatic N) is 1. The van der Waals surface area contributed by atoms with E-state index >= 15 is 0 Å². The van der Waals surface area contributed by atoms with E-state index in [4.69, 9.17) is 0 Å². The summed E-state index contributed by atoms with van der Waals surface area (Å²) in [4.78, 5) is 2.10. The van der Waals surface area contributed by atoms with Crippen molar-refractivity contribution in [3.05, 3.63) is 23.8 Å². The van der Waals surface area contributed by atoms with Crippen molar-refractivity contribution in [1.29, 1.82) is 0 Å². The first-order chi connectivity index (χ1) is 5.65. The maximum Gasteiger partial charge on any atom is 0.0388 e. The highest BCUT2D eigenvalue weighted by atomic mass is 15.1. The second kappa shape index (κ2) is 3.48. The summed E-state index contributed by atoms with van der Waals surface area (Å²) < 4.78 is 0. The van der Waals surface area contributed by atoms with E-state index in [-0.39, 0.29) is 0 Å². The standard InChI is InChI=1S/C10H16N2/c1-8-5-6-9(12(3)4)7-10(8)11-2/h5-7,11H,1-4H3. The third kappa shape index (κ3) is 1.70. The Morgan fingerprint density at radius 2 is 1.92 bits per heavy atom. The minimum Gasteiger partial charge on any atom is -0.388 e. The Kier molecular flexibility index (Phi) is 2.58. The van der Waals surface area contributed by atoms with Crippen LogP contribution in [0.25, 0.3) is 0 Å². The molecule has 0 unspecified atom stereocenters. The Balaban J connectivity index is 3.05. The number of rotatable bonds is 2. The first kappa shape index (κ1) is 8.91. The fourth-order valence-corrected chi connectivity index (χ4v) is 1.16. The van der Waals surface area contributed by atoms with Gasteiger partial charge in [-0.15, -0.1) is 0 Å². The number of hydrogen-bond acceptors (Lipinski definition) is 2. The second-order valence-corrected chi connectivity index (χ2v) is 3.14. The molecule has 0 aliphatic heterocycles. The largest absolute Gasteiger partial charge is 0.388 e. The lowest BCUT2D eigenvalue weighted by Gasteiger charge is -2.14. The van der Waals surface area contributed by atoms with Gasteiger partial charge in [0.05, 0.1) is 0 Å². The lowest BCUT2D eigenvalue weighted by atomic mass is 10.2. The molecule has 1 N–H and O–H groups in total. The molecule has 0 aromatic heterocycles. The number of nitrogens with one attached hydrogen (secondary N) is 1. The van der Waals surface area contributed by atoms with Crippen LogP contribution in [0.5, 0.6) is 0 Å². The van der Waals surface area contributed by atoms with Crippen molar-refractivity contribution in [3.8, 4) is 0 Å². The number of aryl methyl sites for hydroxylation is 1. The van der Waals surface area contributed by atoms with E-state index in [2.05, 4.69) is 35.3 Å². The fraction of sp³-hybridized carbons (Fsp3) is 0.400. The number of benzene rings is 1. The van der Waals surface area contributed by atoms with Gasteiger partial charge in [-0.2, -0.15) is 0 Å². The molecule has 0 heterocycles. The van der Waals surface area contributed by atoms with Crippen molar-refractivity contribution in [2.75, 3.05) is 31.4 Å². The predicted molar refractivity (Wildman–Crippen MR) is 55.1 cm³/mol. The van der Waals surface area contributed by atoms with Gasteiger partial charge in [0.2, 0.25) is 0 Å². The lowest BCUT2D eigenvalue weighted by Crippen LogP contribution is -2.08. The van der Waals surface area contributed by atoms with Crippen LogP contribution in [-0.2, 0) is 0 Å². The van der Waals surface area contributed by atoms with E-state index in [1.165, 1.54) is 16.9 Å². The molecule has 66 valence electrons. The summed E-state index contributed by atoms with van der Waals surface area (Å²) >= 11 is 0. The first-order valence-corrected chi connectivity index (χ1v) is 4.11. The Labute approximate surface area is 74.2 Å². The zero-order valence-corrected chi connectivity index (χ0v) is 8.18. The molecule has 1 rings (SSSR count). The zero-order valence-electron chi connectivity index (χ0n) is 8.18. The summed E-state index contributed by atoms with van der Waals surface area (Å²) in [7, 11) is 6.04. The van der Waals surface area contributed by atoms with E-state index in [1.54, 1.807) is 0 Å². The van der Waals surface area contributed by atoms with Crippen molar-refractivity contribution < 1.29 is 0 Å². The molecule has 12 heavy (non-hydrogen) atoms. The maximum atomic E-state index is 3.16. The number of anilines is 2. The monoisotopic (exact) mass is 164 g/mol. The molecule has 2 nitrogen and oxygen atoms in total. The van der Waals surface area contributed by atoms with Gasteiger partial charge in [0.15, 0.2) is 0 Å². The van der Waals surface area contributed by atoms with Gasteiger partial charge < -0.3 is 10.2 Å². The van der Waals surface area contributed by atoms with Gasteiger partial charge in [-0.25, -0.2) is 0 Å². The van der Waals surface area contributed by atoms with Crippen molar-refractivity contribution in [2.45, 2.75) is 6.92 Å². The number of hydrogen-bond donors (Lipinski definition) is 1. The second-order valence-electron chi connectivity index (χ2n) is 3.14. The van der Waals surface area contributed by atoms with Crippen LogP contribution in [0.1, 0.15) is 5.56 Å². The van der Waals surface area contributed by atoms with E-state index in [0.717, 1.165) is 0 Å². The van der Waals surface area contributed by atoms with Gasteiger partial charge in [-0.05, 0) is 24.6 Å². The molecule has 0 radical (unpaired) electrons. The highest BCUT2D eigenvalue weighted by Gasteiger charge is 1.98. The summed E-state index contributed by atoms with van der Waals surface area (Å²) in [5.74, 6) is 0. The normalized spacial score (nSPS) is 9.67. The minimum atomic E-state index is 1.20. The smallest absolute Gasteiger partial charge is 0.0388 e. The summed E-state index contributed by atoms with van der Waals surface area (Å²) in [5, 5.41) is 3.16. The van der Waals surface area contributed by atoms with Gasteiger partial charge >= 0.3 is 0 Å². The molecule has 0 aliphatic carbocycles. The van der Waals surface area contributed by atoms with Crippen molar-refractivity contribution in [1.82, 2.24) is 0 Å². The van der Waals surface area contributed by atoms with Gasteiger partial charge in [0, 0.05) is 32.5 Å². The molecule has 0 spiro atoms. The SMILES string of the molecule is CNc1cc(N(C)C)ccc1C. The van der Waals surface area contributed by atoms with E-state index in [9.17, 15) is 0 Å². The highest BCUT2D eigenvalue weighted by molar-refractivity contribution is 5.61. The Hall–Kier alpha value is -1.18. The van der Waals surface area contributed by atoms with Crippen LogP contribution in [0.15, 0.2) is 18.2 Å². The molecular formula is C10H16N2. The van der Waals surface area contributed by atoms with E-state index < -0.39 is 0 Å². The average Bonchev–Trinajstić information content (AvgIpc) is 2.05. The van der Waals surface area contributed by atoms with Crippen molar-refractivity contribution >= 4 is 11.4 Å². The maximum absolute atomic E-state index is 3.16. The molecule has 0 atom stereocenters. The van der Waals surface area contributed by atoms with E-state index in [1.807, 2.05) is 21.1 Å². The van der Waals surface area contributed by atoms with Crippen molar-refractivity contribution in [3.63, 3.8) is 0 Å². The van der Waals surface area contributed by atoms with Crippen LogP contribution in [0.3, 0.4) is 0 Å². The van der Waals surface area contributed by atoms with Crippen LogP contribution >= 0.6 is 0 Å². The van der Waals surface area contributed by atoms with Crippen molar-refractivity contribution in [2.24, 2.45) is 0 Å². The van der Waals surface area contributed by atoms with Gasteiger partial charge in [0.25, 0.3) is 0 Å². The van der Waals surface area contributed by atoms with Crippen LogP contribution in [0.2, 0.25) is 0 Å². The average molecular weight is 164 g/mol. The third-order valence-corrected chi connectivity index (χ3v) is 2.01. The molecule has 2 heteroatoms. The molecule has 0 saturated heterocycles. The topological polar surface area (TPSA) is 15.3 Å². The molecule has 1 aromatic rings. The summed E-state index contributed by atoms with van der Waals surface area (Å²) in [6.07, 6.45) is 0. The van der Waals surface area contributed by atoms with Gasteiger partial charge in [0.1, 0.15) is 0 Å². The molecule has 0 saturated carbocycles. The third-order valence-electron chi connectivity index (χ3n) is 2.01. The lowest BCUT2D eigenvalue weighted by molar-refractivity contribution is 1.13. The molecule has 0 amide bonds. The van der Waals surface area contributed by atoms with Crippen LogP contribution in [0, 0.1) is 6.92 Å². The van der Waals surface area contributed by atoms with Crippen LogP contribution < -0.4 is 10.2 Å². The highest BCUT2D eigenvalue weighted by Crippen LogP contribution is 2.20. The predicted octanol–water partition coefficient (Wildman–Crippen LogP) is 2.10. The fourth-order valence-electron chi connectivity index (χ4n) is 1.16. The molecule has 0 bridgehead atoms. The first-order valence-electron chi connectivity index (χ1n) is 4.11. The van der Waals surface area contributed by atoms with Gasteiger partial charge in [-0.1, -0.05) is 6.07 Å². The summed E-state index contributed by atoms with van der Waals surface area (Å²) in [6, 6.07) is 6.40. The molecule has 1 aromatic carbocycles. The molecule has 0 fully saturated rings. The quantitative estimate of drug-likeness (QED) is 0.720. The van der Waals surface area contributed by atoms with Crippen LogP contribution in [-0.4, -0.2) is 21.1 Å². The minimum absolute atomic E-state index is 1.20. The molecular weight excluding hydrogens is 148 g/mol. The van der Waals surface area contributed by atoms with E-state index in [0.29, 0.717) is 0 Å². The summed E-state index contributed by atoms with van der Waals surface area (Å²) in [5.41, 5.74) is 3.70.